The van der Waals surface area contributed by atoms with Crippen molar-refractivity contribution in [3.8, 4) is 0 Å². The summed E-state index contributed by atoms with van der Waals surface area (Å²) in [5.41, 5.74) is 0. The van der Waals surface area contributed by atoms with Gasteiger partial charge in [0.25, 0.3) is 0 Å². The Kier molecular flexibility index (Phi) is 11.9. The van der Waals surface area contributed by atoms with Crippen LogP contribution < -0.4 is 5.32 Å². The first-order valence-corrected chi connectivity index (χ1v) is 6.19. The molecule has 0 aliphatic heterocycles. The summed E-state index contributed by atoms with van der Waals surface area (Å²) in [5.74, 6) is 0. The molecule has 0 aliphatic rings. The molecule has 3 nitrogen and oxygen atoms in total. The zero-order chi connectivity index (χ0) is 11.4. The van der Waals surface area contributed by atoms with Gasteiger partial charge in [-0.25, -0.2) is 0 Å². The predicted octanol–water partition coefficient (Wildman–Crippen LogP) is 1.73. The van der Waals surface area contributed by atoms with E-state index >= 15 is 0 Å². The maximum Gasteiger partial charge on any atom is 0.0474 e. The number of likely N-dealkylation sites (N-methyl/N-ethyl adjacent to an activating group) is 1. The molecule has 0 aromatic rings. The molecule has 0 radical (unpaired) electrons. The standard InChI is InChI=1S/C12H28N2O/c1-4-5-6-10-14(2)11-9-13-8-7-12-15-3/h13H,4-12H2,1-3H3. The summed E-state index contributed by atoms with van der Waals surface area (Å²) in [4.78, 5) is 2.40. The minimum atomic E-state index is 0.860. The van der Waals surface area contributed by atoms with Gasteiger partial charge in [-0.1, -0.05) is 19.8 Å². The minimum Gasteiger partial charge on any atom is -0.385 e. The number of hydrogen-bond acceptors (Lipinski definition) is 3. The van der Waals surface area contributed by atoms with Crippen molar-refractivity contribution in [3.63, 3.8) is 0 Å². The van der Waals surface area contributed by atoms with E-state index in [0.717, 1.165) is 32.7 Å². The van der Waals surface area contributed by atoms with Crippen molar-refractivity contribution in [3.05, 3.63) is 0 Å². The van der Waals surface area contributed by atoms with E-state index in [1.54, 1.807) is 7.11 Å². The number of nitrogens with one attached hydrogen (secondary N) is 1. The van der Waals surface area contributed by atoms with Crippen LogP contribution in [0.1, 0.15) is 32.6 Å². The smallest absolute Gasteiger partial charge is 0.0474 e. The molecule has 0 bridgehead atoms. The summed E-state index contributed by atoms with van der Waals surface area (Å²) in [6.07, 6.45) is 5.10. The van der Waals surface area contributed by atoms with E-state index in [0.29, 0.717) is 0 Å². The SMILES string of the molecule is CCCCCN(C)CCNCCCOC. The first-order valence-electron chi connectivity index (χ1n) is 6.19. The first-order chi connectivity index (χ1) is 7.31. The Morgan fingerprint density at radius 1 is 1.07 bits per heavy atom. The van der Waals surface area contributed by atoms with Crippen molar-refractivity contribution in [1.29, 1.82) is 0 Å². The summed E-state index contributed by atoms with van der Waals surface area (Å²) in [7, 11) is 3.95. The van der Waals surface area contributed by atoms with E-state index in [2.05, 4.69) is 24.2 Å². The van der Waals surface area contributed by atoms with Gasteiger partial charge >= 0.3 is 0 Å². The number of rotatable bonds is 11. The lowest BCUT2D eigenvalue weighted by molar-refractivity contribution is 0.194. The zero-order valence-corrected chi connectivity index (χ0v) is 10.7. The van der Waals surface area contributed by atoms with Gasteiger partial charge in [0.15, 0.2) is 0 Å². The molecular formula is C12H28N2O. The summed E-state index contributed by atoms with van der Waals surface area (Å²) in [5, 5.41) is 3.42. The molecule has 1 N–H and O–H groups in total. The van der Waals surface area contributed by atoms with Gasteiger partial charge in [-0.15, -0.1) is 0 Å². The third-order valence-electron chi connectivity index (χ3n) is 2.52. The zero-order valence-electron chi connectivity index (χ0n) is 10.7. The summed E-state index contributed by atoms with van der Waals surface area (Å²) in [6.45, 7) is 7.64. The molecular weight excluding hydrogens is 188 g/mol. The summed E-state index contributed by atoms with van der Waals surface area (Å²) in [6, 6.07) is 0. The van der Waals surface area contributed by atoms with Crippen molar-refractivity contribution in [2.45, 2.75) is 32.6 Å². The molecule has 0 aliphatic carbocycles. The van der Waals surface area contributed by atoms with E-state index in [-0.39, 0.29) is 0 Å². The van der Waals surface area contributed by atoms with Gasteiger partial charge in [0.2, 0.25) is 0 Å². The molecule has 0 atom stereocenters. The van der Waals surface area contributed by atoms with Crippen molar-refractivity contribution < 1.29 is 4.74 Å². The Morgan fingerprint density at radius 3 is 2.53 bits per heavy atom. The van der Waals surface area contributed by atoms with Crippen LogP contribution in [0.2, 0.25) is 0 Å². The Morgan fingerprint density at radius 2 is 1.87 bits per heavy atom. The summed E-state index contributed by atoms with van der Waals surface area (Å²) < 4.78 is 4.98. The van der Waals surface area contributed by atoms with Crippen LogP contribution in [0, 0.1) is 0 Å². The highest BCUT2D eigenvalue weighted by molar-refractivity contribution is 4.55. The molecule has 0 spiro atoms. The maximum absolute atomic E-state index is 4.98. The third kappa shape index (κ3) is 11.8. The molecule has 92 valence electrons. The van der Waals surface area contributed by atoms with E-state index in [9.17, 15) is 0 Å². The molecule has 0 fully saturated rings. The van der Waals surface area contributed by atoms with Gasteiger partial charge in [0, 0.05) is 26.8 Å². The molecule has 0 amide bonds. The van der Waals surface area contributed by atoms with Crippen LogP contribution in [-0.4, -0.2) is 51.8 Å². The Bertz CT molecular complexity index is 120. The van der Waals surface area contributed by atoms with Crippen molar-refractivity contribution in [2.75, 3.05) is 46.9 Å². The molecule has 0 saturated carbocycles. The Hall–Kier alpha value is -0.120. The van der Waals surface area contributed by atoms with Crippen LogP contribution in [0.5, 0.6) is 0 Å². The van der Waals surface area contributed by atoms with Crippen molar-refractivity contribution in [2.24, 2.45) is 0 Å². The van der Waals surface area contributed by atoms with Gasteiger partial charge < -0.3 is 15.0 Å². The lowest BCUT2D eigenvalue weighted by Crippen LogP contribution is -2.30. The maximum atomic E-state index is 4.98. The lowest BCUT2D eigenvalue weighted by atomic mass is 10.2. The number of unbranched alkanes of at least 4 members (excludes halogenated alkanes) is 2. The fourth-order valence-electron chi connectivity index (χ4n) is 1.48. The molecule has 3 heteroatoms. The molecule has 0 saturated heterocycles. The van der Waals surface area contributed by atoms with Gasteiger partial charge in [-0.3, -0.25) is 0 Å². The van der Waals surface area contributed by atoms with Gasteiger partial charge in [-0.2, -0.15) is 0 Å². The van der Waals surface area contributed by atoms with Crippen molar-refractivity contribution >= 4 is 0 Å². The molecule has 0 aromatic carbocycles. The molecule has 0 heterocycles. The fourth-order valence-corrected chi connectivity index (χ4v) is 1.48. The number of nitrogens with zero attached hydrogens (tertiary/aromatic N) is 1. The quantitative estimate of drug-likeness (QED) is 0.532. The highest BCUT2D eigenvalue weighted by atomic mass is 16.5. The lowest BCUT2D eigenvalue weighted by Gasteiger charge is -2.16. The highest BCUT2D eigenvalue weighted by Gasteiger charge is 1.96. The van der Waals surface area contributed by atoms with Crippen LogP contribution in [0.3, 0.4) is 0 Å². The number of hydrogen-bond donors (Lipinski definition) is 1. The Balaban J connectivity index is 3.06. The average molecular weight is 216 g/mol. The van der Waals surface area contributed by atoms with Gasteiger partial charge in [0.1, 0.15) is 0 Å². The molecule has 0 unspecified atom stereocenters. The van der Waals surface area contributed by atoms with Crippen LogP contribution in [0.4, 0.5) is 0 Å². The number of ether oxygens (including phenoxy) is 1. The van der Waals surface area contributed by atoms with Crippen LogP contribution >= 0.6 is 0 Å². The largest absolute Gasteiger partial charge is 0.385 e. The minimum absolute atomic E-state index is 0.860. The van der Waals surface area contributed by atoms with E-state index in [1.165, 1.54) is 25.8 Å². The van der Waals surface area contributed by atoms with Crippen molar-refractivity contribution in [1.82, 2.24) is 10.2 Å². The van der Waals surface area contributed by atoms with Crippen LogP contribution in [-0.2, 0) is 4.74 Å². The fraction of sp³-hybridized carbons (Fsp3) is 1.00. The summed E-state index contributed by atoms with van der Waals surface area (Å²) >= 11 is 0. The van der Waals surface area contributed by atoms with Crippen LogP contribution in [0.15, 0.2) is 0 Å². The second-order valence-corrected chi connectivity index (χ2v) is 4.11. The van der Waals surface area contributed by atoms with Gasteiger partial charge in [-0.05, 0) is 33.0 Å². The van der Waals surface area contributed by atoms with E-state index in [1.807, 2.05) is 0 Å². The molecule has 15 heavy (non-hydrogen) atoms. The third-order valence-corrected chi connectivity index (χ3v) is 2.52. The predicted molar refractivity (Wildman–Crippen MR) is 66.4 cm³/mol. The second kappa shape index (κ2) is 12.0. The van der Waals surface area contributed by atoms with Gasteiger partial charge in [0.05, 0.1) is 0 Å². The Labute approximate surface area is 95.2 Å². The first kappa shape index (κ1) is 14.9. The topological polar surface area (TPSA) is 24.5 Å². The molecule has 0 aromatic heterocycles. The molecule has 0 rings (SSSR count). The van der Waals surface area contributed by atoms with E-state index in [4.69, 9.17) is 4.74 Å². The second-order valence-electron chi connectivity index (χ2n) is 4.11. The monoisotopic (exact) mass is 216 g/mol. The number of methoxy groups -OCH3 is 1. The highest BCUT2D eigenvalue weighted by Crippen LogP contribution is 1.95. The normalized spacial score (nSPS) is 11.2. The van der Waals surface area contributed by atoms with Crippen LogP contribution in [0.25, 0.3) is 0 Å². The van der Waals surface area contributed by atoms with E-state index < -0.39 is 0 Å². The average Bonchev–Trinajstić information content (AvgIpc) is 2.23.